The van der Waals surface area contributed by atoms with E-state index in [9.17, 15) is 4.79 Å². The first kappa shape index (κ1) is 22.4. The summed E-state index contributed by atoms with van der Waals surface area (Å²) in [6.45, 7) is 3.26. The molecule has 0 spiro atoms. The molecule has 1 aliphatic heterocycles. The van der Waals surface area contributed by atoms with Crippen LogP contribution in [0.1, 0.15) is 38.9 Å². The number of hydrogen-bond acceptors (Lipinski definition) is 4. The molecule has 2 aromatic heterocycles. The SMILES string of the molecule is COc1ccc2[nH]c3c(c2c1)CCN(C(=O)c1cc(C)nc(Cl)c1)C3COCc1ccccc1. The van der Waals surface area contributed by atoms with Crippen molar-refractivity contribution in [3.8, 4) is 5.75 Å². The molecule has 0 saturated heterocycles. The second-order valence-electron chi connectivity index (χ2n) is 8.51. The van der Waals surface area contributed by atoms with Crippen LogP contribution in [0.15, 0.2) is 60.7 Å². The average Bonchev–Trinajstić information content (AvgIpc) is 3.22. The van der Waals surface area contributed by atoms with Crippen molar-refractivity contribution in [1.82, 2.24) is 14.9 Å². The minimum atomic E-state index is -0.259. The normalized spacial score (nSPS) is 15.4. The zero-order valence-electron chi connectivity index (χ0n) is 19.2. The lowest BCUT2D eigenvalue weighted by Gasteiger charge is -2.36. The van der Waals surface area contributed by atoms with Gasteiger partial charge in [-0.25, -0.2) is 4.98 Å². The number of fused-ring (bicyclic) bond motifs is 3. The molecule has 0 fully saturated rings. The summed E-state index contributed by atoms with van der Waals surface area (Å²) in [5, 5.41) is 1.44. The van der Waals surface area contributed by atoms with Gasteiger partial charge in [0.05, 0.1) is 26.4 Å². The molecule has 3 heterocycles. The van der Waals surface area contributed by atoms with E-state index in [1.165, 1.54) is 5.56 Å². The fraction of sp³-hybridized carbons (Fsp3) is 0.259. The van der Waals surface area contributed by atoms with Crippen molar-refractivity contribution in [3.05, 3.63) is 93.9 Å². The second kappa shape index (κ2) is 9.49. The number of rotatable bonds is 6. The van der Waals surface area contributed by atoms with Crippen LogP contribution in [0.25, 0.3) is 10.9 Å². The molecule has 0 aliphatic carbocycles. The van der Waals surface area contributed by atoms with Crippen LogP contribution in [0, 0.1) is 6.92 Å². The lowest BCUT2D eigenvalue weighted by Crippen LogP contribution is -2.42. The topological polar surface area (TPSA) is 67.5 Å². The minimum absolute atomic E-state index is 0.0809. The summed E-state index contributed by atoms with van der Waals surface area (Å²) >= 11 is 6.16. The molecule has 2 aromatic carbocycles. The van der Waals surface area contributed by atoms with Gasteiger partial charge in [0.2, 0.25) is 0 Å². The number of H-pyrrole nitrogens is 1. The third kappa shape index (κ3) is 4.39. The van der Waals surface area contributed by atoms with E-state index >= 15 is 0 Å². The van der Waals surface area contributed by atoms with Gasteiger partial charge in [0.25, 0.3) is 5.91 Å². The number of halogens is 1. The van der Waals surface area contributed by atoms with Gasteiger partial charge in [0.15, 0.2) is 0 Å². The summed E-state index contributed by atoms with van der Waals surface area (Å²) in [5.74, 6) is 0.731. The van der Waals surface area contributed by atoms with E-state index in [0.717, 1.165) is 34.3 Å². The number of aromatic nitrogens is 2. The summed E-state index contributed by atoms with van der Waals surface area (Å²) < 4.78 is 11.6. The van der Waals surface area contributed by atoms with Crippen LogP contribution in [0.3, 0.4) is 0 Å². The Kier molecular flexibility index (Phi) is 6.26. The first-order valence-electron chi connectivity index (χ1n) is 11.3. The Morgan fingerprint density at radius 3 is 2.76 bits per heavy atom. The van der Waals surface area contributed by atoms with Crippen molar-refractivity contribution in [2.45, 2.75) is 26.0 Å². The van der Waals surface area contributed by atoms with E-state index < -0.39 is 0 Å². The first-order chi connectivity index (χ1) is 16.5. The minimum Gasteiger partial charge on any atom is -0.497 e. The summed E-state index contributed by atoms with van der Waals surface area (Å²) in [6.07, 6.45) is 0.737. The molecule has 34 heavy (non-hydrogen) atoms. The largest absolute Gasteiger partial charge is 0.497 e. The summed E-state index contributed by atoms with van der Waals surface area (Å²) in [4.78, 5) is 23.3. The summed E-state index contributed by atoms with van der Waals surface area (Å²) in [7, 11) is 1.67. The summed E-state index contributed by atoms with van der Waals surface area (Å²) in [5.41, 5.74) is 5.57. The van der Waals surface area contributed by atoms with Gasteiger partial charge < -0.3 is 19.4 Å². The number of amides is 1. The van der Waals surface area contributed by atoms with Gasteiger partial charge in [-0.1, -0.05) is 41.9 Å². The standard InChI is InChI=1S/C27H26ClN3O3/c1-17-12-19(13-25(28)29-17)27(32)31-11-10-21-22-14-20(33-2)8-9-23(22)30-26(21)24(31)16-34-15-18-6-4-3-5-7-18/h3-9,12-14,24,30H,10-11,15-16H2,1-2H3. The molecule has 4 aromatic rings. The molecule has 0 bridgehead atoms. The van der Waals surface area contributed by atoms with Crippen LogP contribution in [0.2, 0.25) is 5.15 Å². The molecule has 1 aliphatic rings. The number of carbonyl (C=O) groups is 1. The fourth-order valence-corrected chi connectivity index (χ4v) is 4.92. The average molecular weight is 476 g/mol. The van der Waals surface area contributed by atoms with Gasteiger partial charge >= 0.3 is 0 Å². The lowest BCUT2D eigenvalue weighted by molar-refractivity contribution is 0.0339. The third-order valence-corrected chi connectivity index (χ3v) is 6.47. The van der Waals surface area contributed by atoms with Gasteiger partial charge in [-0.15, -0.1) is 0 Å². The molecule has 1 unspecified atom stereocenters. The molecule has 1 N–H and O–H groups in total. The van der Waals surface area contributed by atoms with Crippen LogP contribution in [0.4, 0.5) is 0 Å². The molecule has 1 atom stereocenters. The Hall–Kier alpha value is -3.35. The quantitative estimate of drug-likeness (QED) is 0.374. The zero-order chi connectivity index (χ0) is 23.7. The number of pyridine rings is 1. The maximum Gasteiger partial charge on any atom is 0.254 e. The molecule has 6 nitrogen and oxygen atoms in total. The van der Waals surface area contributed by atoms with Crippen LogP contribution >= 0.6 is 11.6 Å². The van der Waals surface area contributed by atoms with Crippen LogP contribution < -0.4 is 4.74 Å². The molecule has 174 valence electrons. The van der Waals surface area contributed by atoms with E-state index in [1.807, 2.05) is 54.3 Å². The van der Waals surface area contributed by atoms with Gasteiger partial charge in [0, 0.05) is 34.4 Å². The van der Waals surface area contributed by atoms with Crippen molar-refractivity contribution >= 4 is 28.4 Å². The van der Waals surface area contributed by atoms with E-state index in [1.54, 1.807) is 19.2 Å². The number of benzene rings is 2. The Balaban J connectivity index is 1.50. The first-order valence-corrected chi connectivity index (χ1v) is 11.7. The maximum atomic E-state index is 13.6. The molecular weight excluding hydrogens is 450 g/mol. The van der Waals surface area contributed by atoms with E-state index in [-0.39, 0.29) is 11.9 Å². The van der Waals surface area contributed by atoms with Gasteiger partial charge in [-0.05, 0) is 54.8 Å². The lowest BCUT2D eigenvalue weighted by atomic mass is 9.96. The van der Waals surface area contributed by atoms with Crippen molar-refractivity contribution in [1.29, 1.82) is 0 Å². The van der Waals surface area contributed by atoms with Crippen LogP contribution in [0.5, 0.6) is 5.75 Å². The monoisotopic (exact) mass is 475 g/mol. The second-order valence-corrected chi connectivity index (χ2v) is 8.90. The molecule has 7 heteroatoms. The Morgan fingerprint density at radius 1 is 1.18 bits per heavy atom. The van der Waals surface area contributed by atoms with E-state index in [2.05, 4.69) is 16.0 Å². The molecule has 0 saturated carbocycles. The highest BCUT2D eigenvalue weighted by molar-refractivity contribution is 6.29. The molecular formula is C27H26ClN3O3. The molecule has 1 amide bonds. The summed E-state index contributed by atoms with van der Waals surface area (Å²) in [6, 6.07) is 19.2. The Bertz CT molecular complexity index is 1320. The zero-order valence-corrected chi connectivity index (χ0v) is 19.9. The number of aromatic amines is 1. The number of methoxy groups -OCH3 is 1. The number of ether oxygens (including phenoxy) is 2. The number of hydrogen-bond donors (Lipinski definition) is 1. The van der Waals surface area contributed by atoms with Crippen molar-refractivity contribution in [3.63, 3.8) is 0 Å². The maximum absolute atomic E-state index is 13.6. The smallest absolute Gasteiger partial charge is 0.254 e. The van der Waals surface area contributed by atoms with Gasteiger partial charge in [0.1, 0.15) is 10.9 Å². The van der Waals surface area contributed by atoms with Crippen molar-refractivity contribution in [2.24, 2.45) is 0 Å². The predicted octanol–water partition coefficient (Wildman–Crippen LogP) is 5.49. The highest BCUT2D eigenvalue weighted by Gasteiger charge is 2.34. The molecule has 0 radical (unpaired) electrons. The van der Waals surface area contributed by atoms with Gasteiger partial charge in [-0.3, -0.25) is 4.79 Å². The van der Waals surface area contributed by atoms with Crippen molar-refractivity contribution < 1.29 is 14.3 Å². The number of nitrogens with zero attached hydrogens (tertiary/aromatic N) is 2. The Labute approximate surface area is 203 Å². The van der Waals surface area contributed by atoms with Crippen LogP contribution in [-0.2, 0) is 17.8 Å². The third-order valence-electron chi connectivity index (χ3n) is 6.28. The van der Waals surface area contributed by atoms with E-state index in [0.29, 0.717) is 36.2 Å². The molecule has 5 rings (SSSR count). The predicted molar refractivity (Wildman–Crippen MR) is 132 cm³/mol. The Morgan fingerprint density at radius 2 is 2.00 bits per heavy atom. The van der Waals surface area contributed by atoms with Gasteiger partial charge in [-0.2, -0.15) is 0 Å². The number of carbonyl (C=O) groups excluding carboxylic acids is 1. The van der Waals surface area contributed by atoms with E-state index in [4.69, 9.17) is 21.1 Å². The van der Waals surface area contributed by atoms with Crippen LogP contribution in [-0.4, -0.2) is 41.0 Å². The number of aryl methyl sites for hydroxylation is 1. The number of nitrogens with one attached hydrogen (secondary N) is 1. The fourth-order valence-electron chi connectivity index (χ4n) is 4.67. The van der Waals surface area contributed by atoms with Crippen molar-refractivity contribution in [2.75, 3.05) is 20.3 Å². The highest BCUT2D eigenvalue weighted by atomic mass is 35.5. The highest BCUT2D eigenvalue weighted by Crippen LogP contribution is 2.37.